The Hall–Kier alpha value is -3.25. The summed E-state index contributed by atoms with van der Waals surface area (Å²) in [6.07, 6.45) is 0. The summed E-state index contributed by atoms with van der Waals surface area (Å²) in [6.45, 7) is 0. The van der Waals surface area contributed by atoms with Crippen molar-refractivity contribution in [3.05, 3.63) is 71.6 Å². The number of carboxylic acids is 1. The molecule has 2 aromatic rings. The lowest BCUT2D eigenvalue weighted by molar-refractivity contribution is 0.0697. The number of para-hydroxylation sites is 1. The van der Waals surface area contributed by atoms with E-state index in [-0.39, 0.29) is 5.56 Å². The molecule has 1 aliphatic heterocycles. The molecular formula is C20H14N2O3S. The van der Waals surface area contributed by atoms with Gasteiger partial charge in [-0.05, 0) is 42.5 Å². The predicted molar refractivity (Wildman–Crippen MR) is 101 cm³/mol. The van der Waals surface area contributed by atoms with Gasteiger partial charge in [0.1, 0.15) is 11.1 Å². The lowest BCUT2D eigenvalue weighted by Crippen LogP contribution is -2.07. The molecule has 0 saturated carbocycles. The van der Waals surface area contributed by atoms with Crippen molar-refractivity contribution in [2.75, 3.05) is 7.11 Å². The molecule has 0 saturated heterocycles. The summed E-state index contributed by atoms with van der Waals surface area (Å²) >= 11 is 1.65. The fourth-order valence-corrected chi connectivity index (χ4v) is 3.64. The molecule has 0 radical (unpaired) electrons. The molecular weight excluding hydrogens is 348 g/mol. The molecule has 0 amide bonds. The lowest BCUT2D eigenvalue weighted by atomic mass is 10.2. The molecule has 0 spiro atoms. The van der Waals surface area contributed by atoms with Crippen molar-refractivity contribution in [2.45, 2.75) is 0 Å². The van der Waals surface area contributed by atoms with Gasteiger partial charge in [0, 0.05) is 6.07 Å². The monoisotopic (exact) mass is 362 g/mol. The summed E-state index contributed by atoms with van der Waals surface area (Å²) in [5, 5.41) is 9.67. The number of hydrogen-bond acceptors (Lipinski definition) is 5. The number of nitrogens with zero attached hydrogens (tertiary/aromatic N) is 2. The second kappa shape index (κ2) is 6.57. The number of carbonyl (C=O) groups is 1. The molecule has 0 fully saturated rings. The average molecular weight is 362 g/mol. The SMILES string of the molecule is COc1cc2nc3ccccc3sc-2c/c1=N/c1ccc(C(=O)O)cc1. The summed E-state index contributed by atoms with van der Waals surface area (Å²) in [6, 6.07) is 18.2. The van der Waals surface area contributed by atoms with E-state index in [1.807, 2.05) is 36.4 Å². The zero-order valence-corrected chi connectivity index (χ0v) is 14.7. The summed E-state index contributed by atoms with van der Waals surface area (Å²) in [7, 11) is 1.60. The van der Waals surface area contributed by atoms with Crippen LogP contribution in [-0.4, -0.2) is 23.2 Å². The highest BCUT2D eigenvalue weighted by molar-refractivity contribution is 7.21. The summed E-state index contributed by atoms with van der Waals surface area (Å²) < 4.78 is 6.58. The minimum Gasteiger partial charge on any atom is -0.494 e. The Morgan fingerprint density at radius 3 is 2.62 bits per heavy atom. The maximum absolute atomic E-state index is 11.0. The van der Waals surface area contributed by atoms with Crippen molar-refractivity contribution in [2.24, 2.45) is 4.99 Å². The zero-order chi connectivity index (χ0) is 18.1. The Labute approximate surface area is 153 Å². The Balaban J connectivity index is 1.89. The molecule has 5 nitrogen and oxygen atoms in total. The van der Waals surface area contributed by atoms with Crippen LogP contribution < -0.4 is 10.1 Å². The van der Waals surface area contributed by atoms with Gasteiger partial charge >= 0.3 is 5.97 Å². The average Bonchev–Trinajstić information content (AvgIpc) is 2.66. The largest absolute Gasteiger partial charge is 0.494 e. The van der Waals surface area contributed by atoms with Gasteiger partial charge in [0.2, 0.25) is 0 Å². The van der Waals surface area contributed by atoms with Crippen LogP contribution in [0.3, 0.4) is 0 Å². The molecule has 2 aliphatic rings. The molecule has 6 heteroatoms. The van der Waals surface area contributed by atoms with Gasteiger partial charge in [0.25, 0.3) is 0 Å². The zero-order valence-electron chi connectivity index (χ0n) is 13.8. The fourth-order valence-electron chi connectivity index (χ4n) is 2.66. The fraction of sp³-hybridized carbons (Fsp3) is 0.0500. The molecule has 26 heavy (non-hydrogen) atoms. The number of hydrogen-bond donors (Lipinski definition) is 1. The molecule has 1 N–H and O–H groups in total. The minimum absolute atomic E-state index is 0.229. The summed E-state index contributed by atoms with van der Waals surface area (Å²) in [5.74, 6) is -0.339. The van der Waals surface area contributed by atoms with Crippen molar-refractivity contribution in [3.8, 4) is 16.3 Å². The molecule has 2 aromatic carbocycles. The van der Waals surface area contributed by atoms with Gasteiger partial charge in [-0.2, -0.15) is 0 Å². The van der Waals surface area contributed by atoms with Crippen molar-refractivity contribution in [1.29, 1.82) is 0 Å². The predicted octanol–water partition coefficient (Wildman–Crippen LogP) is 4.34. The van der Waals surface area contributed by atoms with Gasteiger partial charge in [-0.25, -0.2) is 14.8 Å². The molecule has 1 aliphatic carbocycles. The van der Waals surface area contributed by atoms with Crippen LogP contribution in [0, 0.1) is 0 Å². The number of rotatable bonds is 3. The molecule has 0 unspecified atom stereocenters. The van der Waals surface area contributed by atoms with E-state index >= 15 is 0 Å². The van der Waals surface area contributed by atoms with Crippen LogP contribution >= 0.6 is 11.3 Å². The molecule has 128 valence electrons. The van der Waals surface area contributed by atoms with Crippen molar-refractivity contribution in [3.63, 3.8) is 0 Å². The standard InChI is InChI=1S/C20H14N2O3S/c1-25-17-10-16-19(26-18-5-3-2-4-14(18)22-16)11-15(17)21-13-8-6-12(7-9-13)20(23)24/h2-11H,1H3,(H,23,24)/b21-15-. The number of carboxylic acid groups (broad SMARTS) is 1. The van der Waals surface area contributed by atoms with Gasteiger partial charge in [-0.1, -0.05) is 12.1 Å². The third-order valence-corrected chi connectivity index (χ3v) is 5.06. The van der Waals surface area contributed by atoms with Crippen LogP contribution in [0.4, 0.5) is 5.69 Å². The Kier molecular flexibility index (Phi) is 4.10. The highest BCUT2D eigenvalue weighted by Gasteiger charge is 2.11. The minimum atomic E-state index is -0.959. The van der Waals surface area contributed by atoms with E-state index in [0.29, 0.717) is 16.8 Å². The van der Waals surface area contributed by atoms with E-state index < -0.39 is 5.97 Å². The van der Waals surface area contributed by atoms with Gasteiger partial charge in [0.15, 0.2) is 0 Å². The third kappa shape index (κ3) is 3.02. The maximum atomic E-state index is 11.0. The van der Waals surface area contributed by atoms with E-state index in [0.717, 1.165) is 20.8 Å². The van der Waals surface area contributed by atoms with Gasteiger partial charge < -0.3 is 9.84 Å². The van der Waals surface area contributed by atoms with Crippen LogP contribution in [0.5, 0.6) is 5.75 Å². The van der Waals surface area contributed by atoms with E-state index in [9.17, 15) is 4.79 Å². The Morgan fingerprint density at radius 1 is 1.12 bits per heavy atom. The smallest absolute Gasteiger partial charge is 0.335 e. The van der Waals surface area contributed by atoms with Crippen LogP contribution in [0.25, 0.3) is 20.8 Å². The number of aromatic nitrogens is 1. The molecule has 0 atom stereocenters. The highest BCUT2D eigenvalue weighted by Crippen LogP contribution is 2.31. The Morgan fingerprint density at radius 2 is 1.88 bits per heavy atom. The number of aromatic carboxylic acids is 1. The van der Waals surface area contributed by atoms with Crippen LogP contribution in [0.15, 0.2) is 65.7 Å². The van der Waals surface area contributed by atoms with E-state index in [1.54, 1.807) is 30.6 Å². The molecule has 0 aromatic heterocycles. The molecule has 1 heterocycles. The van der Waals surface area contributed by atoms with Crippen LogP contribution in [-0.2, 0) is 0 Å². The van der Waals surface area contributed by atoms with Crippen molar-refractivity contribution < 1.29 is 14.6 Å². The maximum Gasteiger partial charge on any atom is 0.335 e. The normalized spacial score (nSPS) is 11.8. The second-order valence-corrected chi connectivity index (χ2v) is 6.72. The number of fused-ring (bicyclic) bond motifs is 2. The Bertz CT molecular complexity index is 1150. The molecule has 4 rings (SSSR count). The van der Waals surface area contributed by atoms with Gasteiger partial charge in [-0.3, -0.25) is 0 Å². The molecule has 0 bridgehead atoms. The van der Waals surface area contributed by atoms with E-state index in [2.05, 4.69) is 9.98 Å². The lowest BCUT2D eigenvalue weighted by Gasteiger charge is -2.09. The third-order valence-electron chi connectivity index (χ3n) is 3.95. The van der Waals surface area contributed by atoms with Crippen LogP contribution in [0.2, 0.25) is 0 Å². The van der Waals surface area contributed by atoms with Crippen LogP contribution in [0.1, 0.15) is 10.4 Å². The number of methoxy groups -OCH3 is 1. The van der Waals surface area contributed by atoms with E-state index in [1.165, 1.54) is 12.1 Å². The first-order chi connectivity index (χ1) is 12.6. The van der Waals surface area contributed by atoms with E-state index in [4.69, 9.17) is 9.84 Å². The first-order valence-corrected chi connectivity index (χ1v) is 8.71. The topological polar surface area (TPSA) is 71.8 Å². The number of benzene rings is 3. The highest BCUT2D eigenvalue weighted by atomic mass is 32.1. The van der Waals surface area contributed by atoms with Crippen molar-refractivity contribution >= 4 is 33.2 Å². The first-order valence-electron chi connectivity index (χ1n) is 7.90. The van der Waals surface area contributed by atoms with Crippen molar-refractivity contribution in [1.82, 2.24) is 4.98 Å². The van der Waals surface area contributed by atoms with Gasteiger partial charge in [-0.15, -0.1) is 11.3 Å². The number of ether oxygens (including phenoxy) is 1. The summed E-state index contributed by atoms with van der Waals surface area (Å²) in [5.41, 5.74) is 2.69. The summed E-state index contributed by atoms with van der Waals surface area (Å²) in [4.78, 5) is 21.3. The first kappa shape index (κ1) is 16.2. The van der Waals surface area contributed by atoms with Gasteiger partial charge in [0.05, 0.1) is 39.1 Å². The second-order valence-electron chi connectivity index (χ2n) is 5.64. The quantitative estimate of drug-likeness (QED) is 0.550.